The van der Waals surface area contributed by atoms with Crippen LogP contribution in [0.15, 0.2) is 12.2 Å². The highest BCUT2D eigenvalue weighted by atomic mass is 16.8. The van der Waals surface area contributed by atoms with Crippen LogP contribution in [0.4, 0.5) is 0 Å². The van der Waals surface area contributed by atoms with E-state index in [0.29, 0.717) is 13.0 Å². The Morgan fingerprint density at radius 1 is 1.25 bits per heavy atom. The third kappa shape index (κ3) is 3.87. The molecule has 1 N–H and O–H groups in total. The lowest BCUT2D eigenvalue weighted by Crippen LogP contribution is -2.63. The van der Waals surface area contributed by atoms with Crippen LogP contribution >= 0.6 is 0 Å². The minimum absolute atomic E-state index is 0.352. The Morgan fingerprint density at radius 2 is 1.96 bits per heavy atom. The molecule has 28 heavy (non-hydrogen) atoms. The van der Waals surface area contributed by atoms with E-state index in [1.807, 2.05) is 19.9 Å². The lowest BCUT2D eigenvalue weighted by molar-refractivity contribution is -0.284. The van der Waals surface area contributed by atoms with Crippen molar-refractivity contribution in [2.75, 3.05) is 6.61 Å². The number of hydrogen-bond acceptors (Lipinski definition) is 7. The van der Waals surface area contributed by atoms with Crippen LogP contribution in [0, 0.1) is 5.41 Å². The molecule has 2 fully saturated rings. The fraction of sp³-hybridized carbons (Fsp3) is 0.857. The zero-order chi connectivity index (χ0) is 20.7. The third-order valence-electron chi connectivity index (χ3n) is 5.44. The number of aliphatic hydroxyl groups is 1. The van der Waals surface area contributed by atoms with E-state index in [9.17, 15) is 9.90 Å². The molecule has 0 aromatic heterocycles. The molecule has 7 nitrogen and oxygen atoms in total. The Bertz CT molecular complexity index is 608. The topological polar surface area (TPSA) is 83.5 Å². The normalized spacial score (nSPS) is 39.3. The van der Waals surface area contributed by atoms with E-state index in [1.165, 1.54) is 0 Å². The van der Waals surface area contributed by atoms with Crippen LogP contribution < -0.4 is 0 Å². The van der Waals surface area contributed by atoms with Gasteiger partial charge in [-0.25, -0.2) is 0 Å². The molecule has 2 heterocycles. The minimum atomic E-state index is -1.27. The Kier molecular flexibility index (Phi) is 5.96. The third-order valence-corrected chi connectivity index (χ3v) is 5.44. The van der Waals surface area contributed by atoms with Gasteiger partial charge in [-0.15, -0.1) is 0 Å². The molecule has 3 aliphatic rings. The maximum absolute atomic E-state index is 12.6. The zero-order valence-corrected chi connectivity index (χ0v) is 17.8. The average Bonchev–Trinajstić information content (AvgIpc) is 3.02. The summed E-state index contributed by atoms with van der Waals surface area (Å²) in [6, 6.07) is 0. The lowest BCUT2D eigenvalue weighted by Gasteiger charge is -2.45. The van der Waals surface area contributed by atoms with E-state index < -0.39 is 47.5 Å². The summed E-state index contributed by atoms with van der Waals surface area (Å²) in [5.74, 6) is -1.16. The Labute approximate surface area is 167 Å². The summed E-state index contributed by atoms with van der Waals surface area (Å²) in [4.78, 5) is 12.6. The molecule has 1 aliphatic carbocycles. The summed E-state index contributed by atoms with van der Waals surface area (Å²) >= 11 is 0. The van der Waals surface area contributed by atoms with Gasteiger partial charge in [-0.1, -0.05) is 25.5 Å². The molecule has 0 aromatic rings. The van der Waals surface area contributed by atoms with E-state index in [0.717, 1.165) is 12.8 Å². The number of aliphatic hydroxyl groups excluding tert-OH is 1. The SMILES string of the molecule is CCCCO[C@@H]1[C@H]2OC(C)(C)O[C@H]2OC12C(O)C=CC[C@@H]2OC(=O)C(C)(C)C. The number of fused-ring (bicyclic) bond motifs is 1. The van der Waals surface area contributed by atoms with Gasteiger partial charge in [0.1, 0.15) is 24.4 Å². The van der Waals surface area contributed by atoms with Gasteiger partial charge < -0.3 is 28.8 Å². The molecule has 7 heteroatoms. The van der Waals surface area contributed by atoms with E-state index in [-0.39, 0.29) is 5.97 Å². The number of carbonyl (C=O) groups excluding carboxylic acids is 1. The second kappa shape index (κ2) is 7.69. The molecule has 6 atom stereocenters. The second-order valence-electron chi connectivity index (χ2n) is 9.34. The zero-order valence-electron chi connectivity index (χ0n) is 17.8. The van der Waals surface area contributed by atoms with Crippen molar-refractivity contribution >= 4 is 5.97 Å². The summed E-state index contributed by atoms with van der Waals surface area (Å²) in [5, 5.41) is 11.0. The molecule has 0 amide bonds. The first-order valence-corrected chi connectivity index (χ1v) is 10.2. The van der Waals surface area contributed by atoms with Gasteiger partial charge in [0, 0.05) is 13.0 Å². The van der Waals surface area contributed by atoms with Crippen molar-refractivity contribution in [2.45, 2.75) is 103 Å². The van der Waals surface area contributed by atoms with Crippen LogP contribution in [0.3, 0.4) is 0 Å². The van der Waals surface area contributed by atoms with Crippen molar-refractivity contribution in [3.8, 4) is 0 Å². The summed E-state index contributed by atoms with van der Waals surface area (Å²) < 4.78 is 30.3. The molecule has 160 valence electrons. The highest BCUT2D eigenvalue weighted by Crippen LogP contribution is 2.49. The van der Waals surface area contributed by atoms with Gasteiger partial charge in [0.2, 0.25) is 0 Å². The molecule has 2 aliphatic heterocycles. The standard InChI is InChI=1S/C21H34O7/c1-7-8-12-24-16-15-17(27-20(5,6)26-15)28-21(16)13(22)10-9-11-14(21)25-18(23)19(2,3)4/h9-10,13-17,22H,7-8,11-12H2,1-6H3/t13?,14-,15+,16+,17-,21?/m0/s1. The summed E-state index contributed by atoms with van der Waals surface area (Å²) in [7, 11) is 0. The molecule has 2 unspecified atom stereocenters. The van der Waals surface area contributed by atoms with E-state index in [4.69, 9.17) is 23.7 Å². The number of rotatable bonds is 5. The number of esters is 1. The van der Waals surface area contributed by atoms with Gasteiger partial charge in [-0.05, 0) is 41.0 Å². The largest absolute Gasteiger partial charge is 0.458 e. The van der Waals surface area contributed by atoms with Crippen molar-refractivity contribution in [2.24, 2.45) is 5.41 Å². The van der Waals surface area contributed by atoms with E-state index in [2.05, 4.69) is 6.92 Å². The summed E-state index contributed by atoms with van der Waals surface area (Å²) in [6.07, 6.45) is 2.21. The molecule has 2 saturated heterocycles. The van der Waals surface area contributed by atoms with Crippen molar-refractivity contribution in [1.82, 2.24) is 0 Å². The fourth-order valence-electron chi connectivity index (χ4n) is 3.96. The predicted molar refractivity (Wildman–Crippen MR) is 101 cm³/mol. The number of unbranched alkanes of at least 4 members (excludes halogenated alkanes) is 1. The van der Waals surface area contributed by atoms with E-state index >= 15 is 0 Å². The van der Waals surface area contributed by atoms with Gasteiger partial charge in [0.25, 0.3) is 0 Å². The van der Waals surface area contributed by atoms with Crippen molar-refractivity contribution in [1.29, 1.82) is 0 Å². The average molecular weight is 398 g/mol. The first-order chi connectivity index (χ1) is 13.0. The predicted octanol–water partition coefficient (Wildman–Crippen LogP) is 2.70. The van der Waals surface area contributed by atoms with E-state index in [1.54, 1.807) is 26.8 Å². The lowest BCUT2D eigenvalue weighted by atomic mass is 9.78. The molecule has 0 aromatic carbocycles. The van der Waals surface area contributed by atoms with Crippen LogP contribution in [-0.2, 0) is 28.5 Å². The van der Waals surface area contributed by atoms with Gasteiger partial charge >= 0.3 is 5.97 Å². The molecule has 0 bridgehead atoms. The Balaban J connectivity index is 1.93. The quantitative estimate of drug-likeness (QED) is 0.433. The summed E-state index contributed by atoms with van der Waals surface area (Å²) in [5.41, 5.74) is -1.94. The van der Waals surface area contributed by atoms with Gasteiger partial charge in [-0.3, -0.25) is 4.79 Å². The van der Waals surface area contributed by atoms with Crippen molar-refractivity contribution in [3.05, 3.63) is 12.2 Å². The first-order valence-electron chi connectivity index (χ1n) is 10.2. The minimum Gasteiger partial charge on any atom is -0.458 e. The smallest absolute Gasteiger partial charge is 0.311 e. The first kappa shape index (κ1) is 21.7. The Morgan fingerprint density at radius 3 is 2.61 bits per heavy atom. The van der Waals surface area contributed by atoms with Crippen LogP contribution in [0.2, 0.25) is 0 Å². The molecular weight excluding hydrogens is 364 g/mol. The van der Waals surface area contributed by atoms with Crippen molar-refractivity contribution in [3.63, 3.8) is 0 Å². The van der Waals surface area contributed by atoms with Gasteiger partial charge in [0.15, 0.2) is 17.7 Å². The summed E-state index contributed by atoms with van der Waals surface area (Å²) in [6.45, 7) is 11.6. The second-order valence-corrected chi connectivity index (χ2v) is 9.34. The highest BCUT2D eigenvalue weighted by molar-refractivity contribution is 5.75. The fourth-order valence-corrected chi connectivity index (χ4v) is 3.96. The number of ether oxygens (including phenoxy) is 5. The molecular formula is C21H34O7. The molecule has 0 radical (unpaired) electrons. The van der Waals surface area contributed by atoms with Crippen LogP contribution in [0.25, 0.3) is 0 Å². The molecule has 3 rings (SSSR count). The maximum Gasteiger partial charge on any atom is 0.311 e. The monoisotopic (exact) mass is 398 g/mol. The van der Waals surface area contributed by atoms with Crippen LogP contribution in [0.5, 0.6) is 0 Å². The van der Waals surface area contributed by atoms with Crippen LogP contribution in [0.1, 0.15) is 60.8 Å². The van der Waals surface area contributed by atoms with Crippen molar-refractivity contribution < 1.29 is 33.6 Å². The molecule has 1 spiro atoms. The number of hydrogen-bond donors (Lipinski definition) is 1. The van der Waals surface area contributed by atoms with Gasteiger partial charge in [-0.2, -0.15) is 0 Å². The molecule has 0 saturated carbocycles. The number of carbonyl (C=O) groups is 1. The maximum atomic E-state index is 12.6. The Hall–Kier alpha value is -0.990. The van der Waals surface area contributed by atoms with Crippen LogP contribution in [-0.4, -0.2) is 59.8 Å². The highest BCUT2D eigenvalue weighted by Gasteiger charge is 2.69. The van der Waals surface area contributed by atoms with Gasteiger partial charge in [0.05, 0.1) is 5.41 Å².